The third-order valence-corrected chi connectivity index (χ3v) is 11.3. The van der Waals surface area contributed by atoms with Crippen molar-refractivity contribution >= 4 is 67.0 Å². The minimum Gasteiger partial charge on any atom is -0.324 e. The van der Waals surface area contributed by atoms with Crippen LogP contribution in [-0.2, 0) is 4.57 Å². The first-order valence-electron chi connectivity index (χ1n) is 4.29. The predicted octanol–water partition coefficient (Wildman–Crippen LogP) is 4.17. The fraction of sp³-hybridized carbons (Fsp3) is 1.00. The second-order valence-corrected chi connectivity index (χ2v) is 10.4. The Labute approximate surface area is 120 Å². The van der Waals surface area contributed by atoms with E-state index in [4.69, 9.17) is 21.4 Å². The molecule has 0 saturated carbocycles. The third-order valence-electron chi connectivity index (χ3n) is 2.31. The smallest absolute Gasteiger partial charge is 0.324 e. The van der Waals surface area contributed by atoms with Crippen molar-refractivity contribution in [1.29, 1.82) is 0 Å². The minimum atomic E-state index is -4.29. The summed E-state index contributed by atoms with van der Waals surface area (Å²) in [4.78, 5) is 18.2. The van der Waals surface area contributed by atoms with E-state index in [-0.39, 0.29) is 0 Å². The Bertz CT molecular complexity index is 264. The van der Waals surface area contributed by atoms with Gasteiger partial charge in [0.05, 0.1) is 4.32 Å². The van der Waals surface area contributed by atoms with E-state index in [0.717, 1.165) is 0 Å². The lowest BCUT2D eigenvalue weighted by Crippen LogP contribution is -2.45. The Morgan fingerprint density at radius 3 is 1.87 bits per heavy atom. The van der Waals surface area contributed by atoms with Crippen LogP contribution in [0.15, 0.2) is 0 Å². The van der Waals surface area contributed by atoms with Gasteiger partial charge >= 0.3 is 7.60 Å². The fourth-order valence-electron chi connectivity index (χ4n) is 1.15. The highest BCUT2D eigenvalue weighted by molar-refractivity contribution is 9.15. The van der Waals surface area contributed by atoms with E-state index in [1.54, 1.807) is 0 Å². The highest BCUT2D eigenvalue weighted by Crippen LogP contribution is 2.61. The van der Waals surface area contributed by atoms with Crippen LogP contribution >= 0.6 is 67.0 Å². The summed E-state index contributed by atoms with van der Waals surface area (Å²) in [6.07, 6.45) is 1.28. The normalized spacial score (nSPS) is 19.7. The molecule has 0 spiro atoms. The van der Waals surface area contributed by atoms with Crippen molar-refractivity contribution in [1.82, 2.24) is 0 Å². The zero-order valence-corrected chi connectivity index (χ0v) is 14.7. The van der Waals surface area contributed by atoms with Gasteiger partial charge in [-0.25, -0.2) is 0 Å². The first kappa shape index (κ1) is 16.9. The predicted molar refractivity (Wildman–Crippen MR) is 74.5 cm³/mol. The SMILES string of the molecule is CCC(Br)(CC)C(Cl)(Br)C(Br)P(=O)(O)O. The maximum atomic E-state index is 11.2. The first-order chi connectivity index (χ1) is 6.53. The Morgan fingerprint density at radius 2 is 1.67 bits per heavy atom. The zero-order chi connectivity index (χ0) is 12.5. The van der Waals surface area contributed by atoms with Crippen LogP contribution in [0.3, 0.4) is 0 Å². The van der Waals surface area contributed by atoms with E-state index in [9.17, 15) is 4.57 Å². The van der Waals surface area contributed by atoms with Gasteiger partial charge in [-0.05, 0) is 12.8 Å². The van der Waals surface area contributed by atoms with Gasteiger partial charge in [0.25, 0.3) is 0 Å². The minimum absolute atomic E-state index is 0.586. The highest BCUT2D eigenvalue weighted by atomic mass is 79.9. The average Bonchev–Trinajstić information content (AvgIpc) is 2.13. The van der Waals surface area contributed by atoms with Gasteiger partial charge < -0.3 is 9.79 Å². The van der Waals surface area contributed by atoms with E-state index in [1.807, 2.05) is 13.8 Å². The first-order valence-corrected chi connectivity index (χ1v) is 8.85. The topological polar surface area (TPSA) is 57.5 Å². The van der Waals surface area contributed by atoms with Gasteiger partial charge in [0.1, 0.15) is 8.35 Å². The molecule has 2 unspecified atom stereocenters. The van der Waals surface area contributed by atoms with E-state index >= 15 is 0 Å². The molecular weight excluding hydrogens is 438 g/mol. The molecule has 2 atom stereocenters. The largest absolute Gasteiger partial charge is 0.341 e. The van der Waals surface area contributed by atoms with E-state index in [0.29, 0.717) is 12.8 Å². The van der Waals surface area contributed by atoms with Crippen LogP contribution in [0.4, 0.5) is 0 Å². The van der Waals surface area contributed by atoms with Crippen molar-refractivity contribution in [2.24, 2.45) is 0 Å². The Balaban J connectivity index is 5.21. The summed E-state index contributed by atoms with van der Waals surface area (Å²) in [5.74, 6) is 0. The second kappa shape index (κ2) is 5.68. The standard InChI is InChI=1S/C7H13Br3ClO3P/c1-3-6(9,4-2)7(10,11)5(8)15(12,13)14/h5H,3-4H2,1-2H3,(H2,12,13,14). The van der Waals surface area contributed by atoms with Gasteiger partial charge in [-0.3, -0.25) is 4.57 Å². The summed E-state index contributed by atoms with van der Waals surface area (Å²) in [6.45, 7) is 3.80. The molecular formula is C7H13Br3ClO3P. The van der Waals surface area contributed by atoms with Crippen LogP contribution in [0.1, 0.15) is 26.7 Å². The fourth-order valence-corrected chi connectivity index (χ4v) is 4.98. The van der Waals surface area contributed by atoms with Gasteiger partial charge in [0, 0.05) is 0 Å². The molecule has 0 aliphatic carbocycles. The number of rotatable bonds is 5. The second-order valence-electron chi connectivity index (χ2n) is 3.22. The highest BCUT2D eigenvalue weighted by Gasteiger charge is 2.55. The molecule has 0 heterocycles. The molecule has 0 aromatic carbocycles. The molecule has 0 aliphatic heterocycles. The number of hydrogen-bond acceptors (Lipinski definition) is 1. The molecule has 0 saturated heterocycles. The van der Waals surface area contributed by atoms with Crippen molar-refractivity contribution in [2.45, 2.75) is 39.4 Å². The van der Waals surface area contributed by atoms with Crippen molar-refractivity contribution in [2.75, 3.05) is 0 Å². The molecule has 0 rings (SSSR count). The lowest BCUT2D eigenvalue weighted by molar-refractivity contribution is 0.361. The van der Waals surface area contributed by atoms with Crippen LogP contribution in [0, 0.1) is 0 Å². The maximum Gasteiger partial charge on any atom is 0.341 e. The molecule has 92 valence electrons. The third kappa shape index (κ3) is 3.67. The Morgan fingerprint density at radius 1 is 1.33 bits per heavy atom. The van der Waals surface area contributed by atoms with Crippen LogP contribution in [0.25, 0.3) is 0 Å². The Kier molecular flexibility index (Phi) is 6.39. The average molecular weight is 451 g/mol. The van der Waals surface area contributed by atoms with Gasteiger partial charge in [-0.1, -0.05) is 61.6 Å². The summed E-state index contributed by atoms with van der Waals surface area (Å²) in [7, 11) is -4.29. The van der Waals surface area contributed by atoms with E-state index in [2.05, 4.69) is 47.8 Å². The van der Waals surface area contributed by atoms with Crippen molar-refractivity contribution < 1.29 is 14.4 Å². The van der Waals surface area contributed by atoms with Gasteiger partial charge in [-0.2, -0.15) is 0 Å². The van der Waals surface area contributed by atoms with Crippen molar-refractivity contribution in [3.8, 4) is 0 Å². The molecule has 15 heavy (non-hydrogen) atoms. The summed E-state index contributed by atoms with van der Waals surface area (Å²) in [5.41, 5.74) is 0. The van der Waals surface area contributed by atoms with E-state index < -0.39 is 20.3 Å². The molecule has 0 amide bonds. The van der Waals surface area contributed by atoms with Crippen LogP contribution in [-0.4, -0.2) is 22.5 Å². The summed E-state index contributed by atoms with van der Waals surface area (Å²) < 4.78 is 8.18. The van der Waals surface area contributed by atoms with Crippen LogP contribution in [0.5, 0.6) is 0 Å². The van der Waals surface area contributed by atoms with Gasteiger partial charge in [0.15, 0.2) is 0 Å². The van der Waals surface area contributed by atoms with Crippen molar-refractivity contribution in [3.05, 3.63) is 0 Å². The monoisotopic (exact) mass is 448 g/mol. The molecule has 2 N–H and O–H groups in total. The molecule has 0 bridgehead atoms. The molecule has 0 aromatic rings. The quantitative estimate of drug-likeness (QED) is 0.488. The summed E-state index contributed by atoms with van der Waals surface area (Å²) >= 11 is 15.8. The van der Waals surface area contributed by atoms with Gasteiger partial charge in [0.2, 0.25) is 0 Å². The van der Waals surface area contributed by atoms with Gasteiger partial charge in [-0.15, -0.1) is 11.6 Å². The molecule has 8 heteroatoms. The molecule has 0 fully saturated rings. The Hall–Kier alpha value is 1.88. The van der Waals surface area contributed by atoms with Crippen molar-refractivity contribution in [3.63, 3.8) is 0 Å². The number of alkyl halides is 4. The molecule has 0 aromatic heterocycles. The van der Waals surface area contributed by atoms with Crippen LogP contribution in [0.2, 0.25) is 0 Å². The number of hydrogen-bond donors (Lipinski definition) is 2. The summed E-state index contributed by atoms with van der Waals surface area (Å²) in [5, 5.41) is 0. The zero-order valence-electron chi connectivity index (χ0n) is 8.25. The number of halogens is 4. The maximum absolute atomic E-state index is 11.2. The summed E-state index contributed by atoms with van der Waals surface area (Å²) in [6, 6.07) is 0. The van der Waals surface area contributed by atoms with Crippen LogP contribution < -0.4 is 0 Å². The lowest BCUT2D eigenvalue weighted by Gasteiger charge is -2.40. The lowest BCUT2D eigenvalue weighted by atomic mass is 9.99. The molecule has 0 aliphatic rings. The molecule has 3 nitrogen and oxygen atoms in total. The van der Waals surface area contributed by atoms with E-state index in [1.165, 1.54) is 0 Å². The molecule has 0 radical (unpaired) electrons.